The SMILES string of the molecule is O=C(Nc1cccc2c1CCCC2)c1ccc[n+]([O-])c1. The van der Waals surface area contributed by atoms with Crippen molar-refractivity contribution < 1.29 is 9.52 Å². The Morgan fingerprint density at radius 3 is 2.85 bits per heavy atom. The molecule has 0 spiro atoms. The highest BCUT2D eigenvalue weighted by atomic mass is 16.5. The molecule has 1 N–H and O–H groups in total. The van der Waals surface area contributed by atoms with E-state index in [-0.39, 0.29) is 5.91 Å². The van der Waals surface area contributed by atoms with Crippen molar-refractivity contribution in [1.29, 1.82) is 0 Å². The van der Waals surface area contributed by atoms with E-state index in [1.165, 1.54) is 29.9 Å². The first kappa shape index (κ1) is 12.7. The van der Waals surface area contributed by atoms with Crippen molar-refractivity contribution in [2.75, 3.05) is 5.32 Å². The number of pyridine rings is 1. The first-order valence-corrected chi connectivity index (χ1v) is 6.85. The maximum atomic E-state index is 12.2. The van der Waals surface area contributed by atoms with Crippen molar-refractivity contribution in [1.82, 2.24) is 0 Å². The number of nitrogens with one attached hydrogen (secondary N) is 1. The van der Waals surface area contributed by atoms with Gasteiger partial charge in [0.2, 0.25) is 0 Å². The van der Waals surface area contributed by atoms with Crippen LogP contribution in [0.2, 0.25) is 0 Å². The number of anilines is 1. The standard InChI is InChI=1S/C16H16N2O2/c19-16(13-7-4-10-18(20)11-13)17-15-9-3-6-12-5-1-2-8-14(12)15/h3-4,6-7,9-11H,1-2,5,8H2,(H,17,19). The average Bonchev–Trinajstić information content (AvgIpc) is 2.47. The average molecular weight is 268 g/mol. The van der Waals surface area contributed by atoms with Crippen LogP contribution < -0.4 is 10.0 Å². The van der Waals surface area contributed by atoms with Crippen LogP contribution in [0.15, 0.2) is 42.7 Å². The number of benzene rings is 1. The molecule has 1 aliphatic rings. The number of fused-ring (bicyclic) bond motifs is 1. The number of hydrogen-bond donors (Lipinski definition) is 1. The van der Waals surface area contributed by atoms with E-state index in [1.54, 1.807) is 12.1 Å². The summed E-state index contributed by atoms with van der Waals surface area (Å²) < 4.78 is 0.634. The maximum Gasteiger partial charge on any atom is 0.261 e. The predicted octanol–water partition coefficient (Wildman–Crippen LogP) is 2.45. The summed E-state index contributed by atoms with van der Waals surface area (Å²) >= 11 is 0. The molecule has 102 valence electrons. The lowest BCUT2D eigenvalue weighted by atomic mass is 9.90. The zero-order valence-electron chi connectivity index (χ0n) is 11.1. The van der Waals surface area contributed by atoms with Gasteiger partial charge in [0.1, 0.15) is 5.56 Å². The Hall–Kier alpha value is -2.36. The smallest absolute Gasteiger partial charge is 0.261 e. The van der Waals surface area contributed by atoms with Crippen LogP contribution in [-0.2, 0) is 12.8 Å². The molecule has 20 heavy (non-hydrogen) atoms. The summed E-state index contributed by atoms with van der Waals surface area (Å²) in [5, 5.41) is 14.1. The number of nitrogens with zero attached hydrogens (tertiary/aromatic N) is 1. The van der Waals surface area contributed by atoms with Gasteiger partial charge in [0, 0.05) is 11.8 Å². The summed E-state index contributed by atoms with van der Waals surface area (Å²) in [6, 6.07) is 9.23. The Balaban J connectivity index is 1.86. The molecule has 1 aromatic carbocycles. The van der Waals surface area contributed by atoms with E-state index in [2.05, 4.69) is 11.4 Å². The van der Waals surface area contributed by atoms with E-state index in [0.717, 1.165) is 24.9 Å². The number of carbonyl (C=O) groups excluding carboxylic acids is 1. The van der Waals surface area contributed by atoms with Gasteiger partial charge in [-0.1, -0.05) is 12.1 Å². The van der Waals surface area contributed by atoms with Crippen molar-refractivity contribution in [2.24, 2.45) is 0 Å². The van der Waals surface area contributed by atoms with E-state index in [1.807, 2.05) is 12.1 Å². The molecule has 4 heteroatoms. The lowest BCUT2D eigenvalue weighted by Crippen LogP contribution is -2.27. The zero-order valence-corrected chi connectivity index (χ0v) is 11.1. The van der Waals surface area contributed by atoms with E-state index in [4.69, 9.17) is 0 Å². The van der Waals surface area contributed by atoms with Gasteiger partial charge in [-0.2, -0.15) is 4.73 Å². The monoisotopic (exact) mass is 268 g/mol. The number of amides is 1. The third-order valence-electron chi connectivity index (χ3n) is 3.68. The number of aromatic nitrogens is 1. The molecule has 0 atom stereocenters. The summed E-state index contributed by atoms with van der Waals surface area (Å²) in [6.45, 7) is 0. The van der Waals surface area contributed by atoms with E-state index in [0.29, 0.717) is 10.3 Å². The molecule has 0 fully saturated rings. The minimum absolute atomic E-state index is 0.242. The van der Waals surface area contributed by atoms with Crippen LogP contribution in [0.25, 0.3) is 0 Å². The van der Waals surface area contributed by atoms with Gasteiger partial charge in [-0.15, -0.1) is 0 Å². The van der Waals surface area contributed by atoms with E-state index in [9.17, 15) is 10.0 Å². The van der Waals surface area contributed by atoms with Gasteiger partial charge in [0.15, 0.2) is 12.4 Å². The molecule has 0 saturated heterocycles. The second-order valence-corrected chi connectivity index (χ2v) is 5.06. The fourth-order valence-electron chi connectivity index (χ4n) is 2.68. The minimum Gasteiger partial charge on any atom is -0.619 e. The normalized spacial score (nSPS) is 13.6. The second-order valence-electron chi connectivity index (χ2n) is 5.06. The first-order valence-electron chi connectivity index (χ1n) is 6.85. The van der Waals surface area contributed by atoms with Crippen LogP contribution in [0, 0.1) is 5.21 Å². The first-order chi connectivity index (χ1) is 9.74. The van der Waals surface area contributed by atoms with Gasteiger partial charge in [0.05, 0.1) is 0 Å². The van der Waals surface area contributed by atoms with Crippen molar-refractivity contribution in [2.45, 2.75) is 25.7 Å². The third-order valence-corrected chi connectivity index (χ3v) is 3.68. The van der Waals surface area contributed by atoms with Crippen LogP contribution in [0.5, 0.6) is 0 Å². The Kier molecular flexibility index (Phi) is 3.37. The van der Waals surface area contributed by atoms with Gasteiger partial charge in [-0.25, -0.2) is 0 Å². The molecule has 1 heterocycles. The van der Waals surface area contributed by atoms with Gasteiger partial charge in [-0.3, -0.25) is 4.79 Å². The van der Waals surface area contributed by atoms with E-state index < -0.39 is 0 Å². The molecule has 0 aliphatic heterocycles. The third kappa shape index (κ3) is 2.50. The summed E-state index contributed by atoms with van der Waals surface area (Å²) in [5.41, 5.74) is 3.79. The highest BCUT2D eigenvalue weighted by molar-refractivity contribution is 6.04. The van der Waals surface area contributed by atoms with E-state index >= 15 is 0 Å². The van der Waals surface area contributed by atoms with Crippen molar-refractivity contribution in [3.05, 3.63) is 64.6 Å². The largest absolute Gasteiger partial charge is 0.619 e. The van der Waals surface area contributed by atoms with Gasteiger partial charge < -0.3 is 10.5 Å². The number of carbonyl (C=O) groups is 1. The molecule has 0 saturated carbocycles. The molecule has 2 aromatic rings. The molecule has 0 unspecified atom stereocenters. The Morgan fingerprint density at radius 1 is 1.15 bits per heavy atom. The quantitative estimate of drug-likeness (QED) is 0.672. The van der Waals surface area contributed by atoms with Crippen LogP contribution in [0.1, 0.15) is 34.3 Å². The summed E-state index contributed by atoms with van der Waals surface area (Å²) in [7, 11) is 0. The Morgan fingerprint density at radius 2 is 2.00 bits per heavy atom. The zero-order chi connectivity index (χ0) is 13.9. The molecular formula is C16H16N2O2. The number of hydrogen-bond acceptors (Lipinski definition) is 2. The Bertz CT molecular complexity index is 653. The van der Waals surface area contributed by atoms with Gasteiger partial charge >= 0.3 is 0 Å². The van der Waals surface area contributed by atoms with Crippen molar-refractivity contribution in [3.63, 3.8) is 0 Å². The summed E-state index contributed by atoms with van der Waals surface area (Å²) in [4.78, 5) is 12.2. The lowest BCUT2D eigenvalue weighted by molar-refractivity contribution is -0.605. The maximum absolute atomic E-state index is 12.2. The minimum atomic E-state index is -0.242. The summed E-state index contributed by atoms with van der Waals surface area (Å²) in [5.74, 6) is -0.242. The topological polar surface area (TPSA) is 56.0 Å². The fourth-order valence-corrected chi connectivity index (χ4v) is 2.68. The molecule has 0 radical (unpaired) electrons. The van der Waals surface area contributed by atoms with Gasteiger partial charge in [-0.05, 0) is 48.9 Å². The Labute approximate surface area is 117 Å². The predicted molar refractivity (Wildman–Crippen MR) is 76.4 cm³/mol. The fraction of sp³-hybridized carbons (Fsp3) is 0.250. The van der Waals surface area contributed by atoms with Crippen LogP contribution in [0.4, 0.5) is 5.69 Å². The second kappa shape index (κ2) is 5.33. The molecule has 3 rings (SSSR count). The molecule has 1 aromatic heterocycles. The van der Waals surface area contributed by atoms with Crippen molar-refractivity contribution >= 4 is 11.6 Å². The van der Waals surface area contributed by atoms with Crippen molar-refractivity contribution in [3.8, 4) is 0 Å². The highest BCUT2D eigenvalue weighted by Gasteiger charge is 2.15. The molecular weight excluding hydrogens is 252 g/mol. The lowest BCUT2D eigenvalue weighted by Gasteiger charge is -2.19. The molecule has 1 amide bonds. The van der Waals surface area contributed by atoms with Crippen LogP contribution in [0.3, 0.4) is 0 Å². The number of aryl methyl sites for hydroxylation is 1. The molecule has 0 bridgehead atoms. The van der Waals surface area contributed by atoms with Crippen LogP contribution >= 0.6 is 0 Å². The van der Waals surface area contributed by atoms with Gasteiger partial charge in [0.25, 0.3) is 5.91 Å². The summed E-state index contributed by atoms with van der Waals surface area (Å²) in [6.07, 6.45) is 7.09. The number of rotatable bonds is 2. The highest BCUT2D eigenvalue weighted by Crippen LogP contribution is 2.28. The van der Waals surface area contributed by atoms with Crippen LogP contribution in [-0.4, -0.2) is 5.91 Å². The molecule has 4 nitrogen and oxygen atoms in total. The molecule has 1 aliphatic carbocycles.